The first-order valence-corrected chi connectivity index (χ1v) is 9.27. The van der Waals surface area contributed by atoms with Crippen molar-refractivity contribution in [1.29, 1.82) is 0 Å². The average molecular weight is 385 g/mol. The van der Waals surface area contributed by atoms with Gasteiger partial charge < -0.3 is 0 Å². The number of para-hydroxylation sites is 1. The third kappa shape index (κ3) is 2.95. The number of hydrogen-bond donors (Lipinski definition) is 0. The zero-order valence-electron chi connectivity index (χ0n) is 14.6. The quantitative estimate of drug-likeness (QED) is 0.542. The number of benzene rings is 2. The SMILES string of the molecule is CC1(C)CC(=O)c2c(nn(-c3ccccc3)c2-c2ccc(Cl)c(Cl)c2)C1. The summed E-state index contributed by atoms with van der Waals surface area (Å²) >= 11 is 12.3. The molecule has 132 valence electrons. The molecule has 0 saturated heterocycles. The smallest absolute Gasteiger partial charge is 0.167 e. The van der Waals surface area contributed by atoms with Crippen LogP contribution in [0.2, 0.25) is 10.0 Å². The van der Waals surface area contributed by atoms with Gasteiger partial charge in [0, 0.05) is 12.0 Å². The molecular weight excluding hydrogens is 367 g/mol. The van der Waals surface area contributed by atoms with E-state index < -0.39 is 0 Å². The van der Waals surface area contributed by atoms with E-state index in [2.05, 4.69) is 13.8 Å². The van der Waals surface area contributed by atoms with E-state index in [0.29, 0.717) is 22.0 Å². The summed E-state index contributed by atoms with van der Waals surface area (Å²) < 4.78 is 1.85. The van der Waals surface area contributed by atoms with Gasteiger partial charge in [-0.25, -0.2) is 4.68 Å². The van der Waals surface area contributed by atoms with E-state index in [1.165, 1.54) is 0 Å². The summed E-state index contributed by atoms with van der Waals surface area (Å²) in [4.78, 5) is 13.0. The lowest BCUT2D eigenvalue weighted by Gasteiger charge is -2.27. The molecule has 0 bridgehead atoms. The van der Waals surface area contributed by atoms with Crippen molar-refractivity contribution in [2.24, 2.45) is 5.41 Å². The highest BCUT2D eigenvalue weighted by atomic mass is 35.5. The lowest BCUT2D eigenvalue weighted by atomic mass is 9.75. The molecule has 0 N–H and O–H groups in total. The van der Waals surface area contributed by atoms with Crippen LogP contribution in [0.1, 0.15) is 36.3 Å². The molecule has 0 amide bonds. The number of aromatic nitrogens is 2. The standard InChI is InChI=1S/C21H18Cl2N2O/c1-21(2)11-17-19(18(26)12-21)20(13-8-9-15(22)16(23)10-13)25(24-17)14-6-4-3-5-7-14/h3-10H,11-12H2,1-2H3. The van der Waals surface area contributed by atoms with Gasteiger partial charge in [0.05, 0.1) is 32.7 Å². The molecule has 0 fully saturated rings. The lowest BCUT2D eigenvalue weighted by Crippen LogP contribution is -2.26. The Hall–Kier alpha value is -2.10. The molecule has 5 heteroatoms. The predicted octanol–water partition coefficient (Wildman–Crippen LogP) is 6.00. The Balaban J connectivity index is 2.01. The van der Waals surface area contributed by atoms with Crippen LogP contribution in [0.15, 0.2) is 48.5 Å². The first-order chi connectivity index (χ1) is 12.4. The maximum Gasteiger partial charge on any atom is 0.167 e. The monoisotopic (exact) mass is 384 g/mol. The normalized spacial score (nSPS) is 15.8. The van der Waals surface area contributed by atoms with Gasteiger partial charge in [0.1, 0.15) is 0 Å². The summed E-state index contributed by atoms with van der Waals surface area (Å²) in [6.07, 6.45) is 1.27. The fraction of sp³-hybridized carbons (Fsp3) is 0.238. The molecule has 26 heavy (non-hydrogen) atoms. The highest BCUT2D eigenvalue weighted by Crippen LogP contribution is 2.40. The maximum atomic E-state index is 13.0. The molecule has 0 unspecified atom stereocenters. The molecule has 3 aromatic rings. The molecule has 2 aromatic carbocycles. The van der Waals surface area contributed by atoms with Gasteiger partial charge in [-0.1, -0.05) is 61.3 Å². The molecule has 0 saturated carbocycles. The fourth-order valence-corrected chi connectivity index (χ4v) is 3.88. The van der Waals surface area contributed by atoms with E-state index in [0.717, 1.165) is 29.1 Å². The Morgan fingerprint density at radius 3 is 2.42 bits per heavy atom. The van der Waals surface area contributed by atoms with Crippen molar-refractivity contribution in [2.75, 3.05) is 0 Å². The molecule has 4 rings (SSSR count). The van der Waals surface area contributed by atoms with Crippen LogP contribution in [0.25, 0.3) is 16.9 Å². The molecule has 0 spiro atoms. The van der Waals surface area contributed by atoms with Crippen LogP contribution in [0.4, 0.5) is 0 Å². The topological polar surface area (TPSA) is 34.9 Å². The summed E-state index contributed by atoms with van der Waals surface area (Å²) in [6, 6.07) is 15.3. The molecular formula is C21H18Cl2N2O. The third-order valence-corrected chi connectivity index (χ3v) is 5.45. The number of nitrogens with zero attached hydrogens (tertiary/aromatic N) is 2. The van der Waals surface area contributed by atoms with Gasteiger partial charge in [-0.05, 0) is 36.1 Å². The number of halogens is 2. The Morgan fingerprint density at radius 2 is 1.73 bits per heavy atom. The van der Waals surface area contributed by atoms with E-state index in [1.54, 1.807) is 12.1 Å². The van der Waals surface area contributed by atoms with E-state index in [-0.39, 0.29) is 11.2 Å². The zero-order valence-corrected chi connectivity index (χ0v) is 16.1. The van der Waals surface area contributed by atoms with Gasteiger partial charge in [0.25, 0.3) is 0 Å². The van der Waals surface area contributed by atoms with Crippen LogP contribution in [-0.4, -0.2) is 15.6 Å². The summed E-state index contributed by atoms with van der Waals surface area (Å²) in [7, 11) is 0. The number of carbonyl (C=O) groups excluding carboxylic acids is 1. The van der Waals surface area contributed by atoms with Crippen LogP contribution < -0.4 is 0 Å². The van der Waals surface area contributed by atoms with Crippen molar-refractivity contribution < 1.29 is 4.79 Å². The second-order valence-corrected chi connectivity index (χ2v) is 8.30. The predicted molar refractivity (Wildman–Crippen MR) is 105 cm³/mol. The van der Waals surface area contributed by atoms with Crippen molar-refractivity contribution in [3.05, 3.63) is 69.8 Å². The van der Waals surface area contributed by atoms with E-state index in [9.17, 15) is 4.79 Å². The van der Waals surface area contributed by atoms with Gasteiger partial charge in [0.2, 0.25) is 0 Å². The highest BCUT2D eigenvalue weighted by molar-refractivity contribution is 6.42. The molecule has 0 aliphatic heterocycles. The van der Waals surface area contributed by atoms with Crippen molar-refractivity contribution in [3.8, 4) is 16.9 Å². The van der Waals surface area contributed by atoms with Gasteiger partial charge in [-0.2, -0.15) is 5.10 Å². The van der Waals surface area contributed by atoms with Crippen molar-refractivity contribution in [2.45, 2.75) is 26.7 Å². The maximum absolute atomic E-state index is 13.0. The fourth-order valence-electron chi connectivity index (χ4n) is 3.58. The second-order valence-electron chi connectivity index (χ2n) is 7.49. The van der Waals surface area contributed by atoms with Crippen LogP contribution >= 0.6 is 23.2 Å². The van der Waals surface area contributed by atoms with E-state index in [1.807, 2.05) is 41.1 Å². The lowest BCUT2D eigenvalue weighted by molar-refractivity contribution is 0.0912. The molecule has 1 heterocycles. The molecule has 1 aliphatic rings. The Labute approximate surface area is 162 Å². The molecule has 1 aromatic heterocycles. The first kappa shape index (κ1) is 17.3. The highest BCUT2D eigenvalue weighted by Gasteiger charge is 2.36. The Morgan fingerprint density at radius 1 is 1.00 bits per heavy atom. The summed E-state index contributed by atoms with van der Waals surface area (Å²) in [6.45, 7) is 4.21. The molecule has 0 atom stereocenters. The number of ketones is 1. The number of Topliss-reactive ketones (excluding diaryl/α,β-unsaturated/α-hetero) is 1. The van der Waals surface area contributed by atoms with Crippen LogP contribution in [0, 0.1) is 5.41 Å². The molecule has 3 nitrogen and oxygen atoms in total. The second kappa shape index (κ2) is 6.26. The minimum absolute atomic E-state index is 0.0884. The minimum atomic E-state index is -0.0884. The van der Waals surface area contributed by atoms with Gasteiger partial charge >= 0.3 is 0 Å². The van der Waals surface area contributed by atoms with E-state index in [4.69, 9.17) is 28.3 Å². The minimum Gasteiger partial charge on any atom is -0.294 e. The first-order valence-electron chi connectivity index (χ1n) is 8.52. The Bertz CT molecular complexity index is 1010. The zero-order chi connectivity index (χ0) is 18.5. The summed E-state index contributed by atoms with van der Waals surface area (Å²) in [5.41, 5.74) is 3.99. The largest absolute Gasteiger partial charge is 0.294 e. The number of hydrogen-bond acceptors (Lipinski definition) is 2. The van der Waals surface area contributed by atoms with Gasteiger partial charge in [0.15, 0.2) is 5.78 Å². The van der Waals surface area contributed by atoms with Crippen molar-refractivity contribution in [1.82, 2.24) is 9.78 Å². The van der Waals surface area contributed by atoms with Gasteiger partial charge in [-0.3, -0.25) is 4.79 Å². The number of rotatable bonds is 2. The van der Waals surface area contributed by atoms with Crippen molar-refractivity contribution in [3.63, 3.8) is 0 Å². The summed E-state index contributed by atoms with van der Waals surface area (Å²) in [5.74, 6) is 0.125. The van der Waals surface area contributed by atoms with Crippen LogP contribution in [0.5, 0.6) is 0 Å². The molecule has 0 radical (unpaired) electrons. The summed E-state index contributed by atoms with van der Waals surface area (Å²) in [5, 5.41) is 5.76. The van der Waals surface area contributed by atoms with Crippen molar-refractivity contribution >= 4 is 29.0 Å². The Kier molecular flexibility index (Phi) is 4.17. The number of carbonyl (C=O) groups is 1. The van der Waals surface area contributed by atoms with E-state index >= 15 is 0 Å². The van der Waals surface area contributed by atoms with Gasteiger partial charge in [-0.15, -0.1) is 0 Å². The average Bonchev–Trinajstić information content (AvgIpc) is 2.96. The number of fused-ring (bicyclic) bond motifs is 1. The van der Waals surface area contributed by atoms with Crippen LogP contribution in [0.3, 0.4) is 0 Å². The third-order valence-electron chi connectivity index (χ3n) is 4.72. The van der Waals surface area contributed by atoms with Crippen LogP contribution in [-0.2, 0) is 6.42 Å². The molecule has 1 aliphatic carbocycles.